The first-order valence-electron chi connectivity index (χ1n) is 21.5. The fraction of sp³-hybridized carbons (Fsp3) is 0.681. The fourth-order valence-electron chi connectivity index (χ4n) is 5.80. The number of carbonyl (C=O) groups excluding carboxylic acids is 2. The van der Waals surface area contributed by atoms with Crippen molar-refractivity contribution in [3.05, 3.63) is 72.9 Å². The van der Waals surface area contributed by atoms with Crippen molar-refractivity contribution in [3.8, 4) is 0 Å². The van der Waals surface area contributed by atoms with Crippen LogP contribution < -0.4 is 0 Å². The van der Waals surface area contributed by atoms with Gasteiger partial charge in [-0.1, -0.05) is 151 Å². The van der Waals surface area contributed by atoms with Crippen molar-refractivity contribution in [2.75, 3.05) is 41.0 Å². The van der Waals surface area contributed by atoms with E-state index in [4.69, 9.17) is 14.2 Å². The number of hydrogen-bond donors (Lipinski definition) is 1. The number of carbonyl (C=O) groups is 3. The molecule has 0 bridgehead atoms. The average molecular weight is 771 g/mol. The van der Waals surface area contributed by atoms with Gasteiger partial charge in [0.2, 0.25) is 0 Å². The van der Waals surface area contributed by atoms with Gasteiger partial charge in [0, 0.05) is 19.3 Å². The van der Waals surface area contributed by atoms with Crippen LogP contribution in [0.15, 0.2) is 72.9 Å². The summed E-state index contributed by atoms with van der Waals surface area (Å²) in [5, 5.41) is 9.60. The zero-order chi connectivity index (χ0) is 40.7. The number of ether oxygens (including phenoxy) is 3. The van der Waals surface area contributed by atoms with Crippen LogP contribution in [-0.4, -0.2) is 80.6 Å². The van der Waals surface area contributed by atoms with Crippen molar-refractivity contribution in [2.24, 2.45) is 0 Å². The molecule has 2 unspecified atom stereocenters. The summed E-state index contributed by atoms with van der Waals surface area (Å²) in [5.41, 5.74) is 0. The van der Waals surface area contributed by atoms with E-state index in [1.165, 1.54) is 57.8 Å². The fourth-order valence-corrected chi connectivity index (χ4v) is 5.80. The van der Waals surface area contributed by atoms with Gasteiger partial charge < -0.3 is 23.8 Å². The lowest BCUT2D eigenvalue weighted by atomic mass is 10.1. The van der Waals surface area contributed by atoms with E-state index in [1.807, 2.05) is 33.3 Å². The summed E-state index contributed by atoms with van der Waals surface area (Å²) in [7, 11) is 5.49. The molecule has 8 heteroatoms. The topological polar surface area (TPSA) is 99.1 Å². The molecule has 0 aliphatic heterocycles. The third kappa shape index (κ3) is 36.2. The molecule has 314 valence electrons. The summed E-state index contributed by atoms with van der Waals surface area (Å²) in [6.07, 6.45) is 46.7. The molecule has 0 aromatic carbocycles. The van der Waals surface area contributed by atoms with Crippen molar-refractivity contribution >= 4 is 17.9 Å². The second kappa shape index (κ2) is 37.7. The Bertz CT molecular complexity index is 1130. The van der Waals surface area contributed by atoms with Crippen LogP contribution in [0.3, 0.4) is 0 Å². The molecule has 0 spiro atoms. The normalized spacial score (nSPS) is 13.7. The molecular formula is C47H80NO7+. The number of quaternary nitrogens is 1. The smallest absolute Gasteiger partial charge is 0.362 e. The number of unbranched alkanes of at least 4 members (excludes halogenated alkanes) is 14. The Balaban J connectivity index is 4.49. The SMILES string of the molecule is CCCCC/C=C/C=C/C=C/C=C/CCCCCCCC(=O)OCC(COCCC(C(=O)O)[N+](C)(C)C)OC(=O)CC/C=C/C/C=C/CCCCCCCC. The quantitative estimate of drug-likeness (QED) is 0.0221. The van der Waals surface area contributed by atoms with Crippen LogP contribution in [0.1, 0.15) is 155 Å². The molecule has 2 atom stereocenters. The van der Waals surface area contributed by atoms with Gasteiger partial charge in [0.25, 0.3) is 0 Å². The monoisotopic (exact) mass is 771 g/mol. The number of rotatable bonds is 37. The minimum atomic E-state index is -0.890. The summed E-state index contributed by atoms with van der Waals surface area (Å²) < 4.78 is 17.2. The molecule has 0 aliphatic rings. The van der Waals surface area contributed by atoms with E-state index in [0.29, 0.717) is 19.3 Å². The van der Waals surface area contributed by atoms with Gasteiger partial charge in [0.1, 0.15) is 6.61 Å². The molecule has 0 heterocycles. The lowest BCUT2D eigenvalue weighted by Crippen LogP contribution is -2.50. The highest BCUT2D eigenvalue weighted by atomic mass is 16.6. The van der Waals surface area contributed by atoms with Crippen molar-refractivity contribution < 1.29 is 38.2 Å². The van der Waals surface area contributed by atoms with Crippen molar-refractivity contribution in [1.29, 1.82) is 0 Å². The summed E-state index contributed by atoms with van der Waals surface area (Å²) in [6.45, 7) is 4.58. The van der Waals surface area contributed by atoms with Crippen LogP contribution in [0, 0.1) is 0 Å². The molecule has 0 amide bonds. The zero-order valence-electron chi connectivity index (χ0n) is 35.6. The van der Waals surface area contributed by atoms with Gasteiger partial charge in [-0.2, -0.15) is 0 Å². The van der Waals surface area contributed by atoms with Crippen molar-refractivity contribution in [3.63, 3.8) is 0 Å². The van der Waals surface area contributed by atoms with Crippen LogP contribution in [-0.2, 0) is 28.6 Å². The van der Waals surface area contributed by atoms with Gasteiger partial charge in [0.15, 0.2) is 12.1 Å². The molecule has 0 rings (SSSR count). The van der Waals surface area contributed by atoms with E-state index >= 15 is 0 Å². The first kappa shape index (κ1) is 51.8. The summed E-state index contributed by atoms with van der Waals surface area (Å²) in [6, 6.07) is -0.630. The minimum Gasteiger partial charge on any atom is -0.477 e. The Morgan fingerprint density at radius 2 is 1.07 bits per heavy atom. The second-order valence-corrected chi connectivity index (χ2v) is 15.3. The first-order chi connectivity index (χ1) is 26.6. The minimum absolute atomic E-state index is 0.0270. The summed E-state index contributed by atoms with van der Waals surface area (Å²) >= 11 is 0. The lowest BCUT2D eigenvalue weighted by molar-refractivity contribution is -0.887. The van der Waals surface area contributed by atoms with E-state index < -0.39 is 18.1 Å². The zero-order valence-corrected chi connectivity index (χ0v) is 35.6. The predicted octanol–water partition coefficient (Wildman–Crippen LogP) is 11.6. The Hall–Kier alpha value is -3.23. The molecule has 0 aliphatic carbocycles. The van der Waals surface area contributed by atoms with E-state index in [9.17, 15) is 19.5 Å². The van der Waals surface area contributed by atoms with Crippen LogP contribution in [0.25, 0.3) is 0 Å². The summed E-state index contributed by atoms with van der Waals surface area (Å²) in [4.78, 5) is 36.9. The molecule has 1 N–H and O–H groups in total. The van der Waals surface area contributed by atoms with E-state index in [0.717, 1.165) is 57.8 Å². The Morgan fingerprint density at radius 3 is 1.67 bits per heavy atom. The molecule has 0 fully saturated rings. The molecular weight excluding hydrogens is 691 g/mol. The molecule has 0 saturated carbocycles. The average Bonchev–Trinajstić information content (AvgIpc) is 3.14. The highest BCUT2D eigenvalue weighted by Crippen LogP contribution is 2.12. The van der Waals surface area contributed by atoms with Crippen LogP contribution in [0.5, 0.6) is 0 Å². The van der Waals surface area contributed by atoms with Gasteiger partial charge in [-0.3, -0.25) is 9.59 Å². The number of nitrogens with zero attached hydrogens (tertiary/aromatic N) is 1. The van der Waals surface area contributed by atoms with Crippen molar-refractivity contribution in [2.45, 2.75) is 167 Å². The third-order valence-electron chi connectivity index (χ3n) is 9.19. The van der Waals surface area contributed by atoms with Gasteiger partial charge in [-0.25, -0.2) is 4.79 Å². The summed E-state index contributed by atoms with van der Waals surface area (Å²) in [5.74, 6) is -1.59. The lowest BCUT2D eigenvalue weighted by Gasteiger charge is -2.31. The van der Waals surface area contributed by atoms with E-state index in [1.54, 1.807) is 0 Å². The van der Waals surface area contributed by atoms with Gasteiger partial charge in [0.05, 0.1) is 34.4 Å². The van der Waals surface area contributed by atoms with Gasteiger partial charge >= 0.3 is 17.9 Å². The van der Waals surface area contributed by atoms with Crippen LogP contribution >= 0.6 is 0 Å². The number of allylic oxidation sites excluding steroid dienone is 12. The molecule has 0 radical (unpaired) electrons. The number of hydrogen-bond acceptors (Lipinski definition) is 6. The van der Waals surface area contributed by atoms with E-state index in [-0.39, 0.29) is 42.7 Å². The van der Waals surface area contributed by atoms with Gasteiger partial charge in [-0.05, 0) is 57.8 Å². The Morgan fingerprint density at radius 1 is 0.564 bits per heavy atom. The van der Waals surface area contributed by atoms with Crippen molar-refractivity contribution in [1.82, 2.24) is 0 Å². The highest BCUT2D eigenvalue weighted by molar-refractivity contribution is 5.72. The highest BCUT2D eigenvalue weighted by Gasteiger charge is 2.31. The van der Waals surface area contributed by atoms with Crippen LogP contribution in [0.2, 0.25) is 0 Å². The standard InChI is InChI=1S/C47H79NO7/c1-6-8-10-12-14-16-18-20-21-22-23-24-26-27-29-31-33-35-37-45(49)54-42-43(41-53-40-39-44(47(51)52)48(3,4)5)55-46(50)38-36-34-32-30-28-25-19-17-15-13-11-9-7-2/h14,16,18,20-25,28,32,34,43-44H,6-13,15,17,19,26-27,29-31,33,35-42H2,1-5H3/p+1/b16-14+,20-18+,22-21+,24-23+,28-25+,34-32+. The predicted molar refractivity (Wildman–Crippen MR) is 229 cm³/mol. The third-order valence-corrected chi connectivity index (χ3v) is 9.19. The second-order valence-electron chi connectivity index (χ2n) is 15.3. The number of carboxylic acid groups (broad SMARTS) is 1. The molecule has 55 heavy (non-hydrogen) atoms. The number of carboxylic acids is 1. The van der Waals surface area contributed by atoms with Crippen LogP contribution in [0.4, 0.5) is 0 Å². The molecule has 0 aromatic heterocycles. The molecule has 0 aromatic rings. The maximum Gasteiger partial charge on any atom is 0.362 e. The Labute approximate surface area is 336 Å². The molecule has 0 saturated heterocycles. The molecule has 8 nitrogen and oxygen atoms in total. The Kier molecular flexibility index (Phi) is 35.5. The maximum absolute atomic E-state index is 12.7. The number of likely N-dealkylation sites (N-methyl/N-ethyl adjacent to an activating group) is 1. The maximum atomic E-state index is 12.7. The van der Waals surface area contributed by atoms with Gasteiger partial charge in [-0.15, -0.1) is 0 Å². The first-order valence-corrected chi connectivity index (χ1v) is 21.5. The largest absolute Gasteiger partial charge is 0.477 e. The van der Waals surface area contributed by atoms with E-state index in [2.05, 4.69) is 74.6 Å². The number of aliphatic carboxylic acids is 1. The number of esters is 2.